The van der Waals surface area contributed by atoms with E-state index in [-0.39, 0.29) is 31.1 Å². The largest absolute Gasteiger partial charge is 0.492 e. The summed E-state index contributed by atoms with van der Waals surface area (Å²) in [5, 5.41) is 10.1. The molecule has 1 saturated heterocycles. The number of halogens is 3. The molecule has 0 radical (unpaired) electrons. The van der Waals surface area contributed by atoms with Gasteiger partial charge in [-0.2, -0.15) is 4.39 Å². The second kappa shape index (κ2) is 9.68. The predicted octanol–water partition coefficient (Wildman–Crippen LogP) is 1.90. The molecule has 4 aromatic rings. The third kappa shape index (κ3) is 4.35. The van der Waals surface area contributed by atoms with Crippen molar-refractivity contribution in [2.45, 2.75) is 38.0 Å². The predicted molar refractivity (Wildman–Crippen MR) is 133 cm³/mol. The Morgan fingerprint density at radius 1 is 1.21 bits per heavy atom. The van der Waals surface area contributed by atoms with Crippen LogP contribution in [0.4, 0.5) is 24.7 Å². The molecular weight excluding hydrogens is 503 g/mol. The van der Waals surface area contributed by atoms with Crippen LogP contribution in [-0.2, 0) is 6.54 Å². The van der Waals surface area contributed by atoms with Crippen LogP contribution in [0.1, 0.15) is 17.5 Å². The van der Waals surface area contributed by atoms with Crippen molar-refractivity contribution in [1.29, 1.82) is 0 Å². The molecule has 11 nitrogen and oxygen atoms in total. The Hall–Kier alpha value is -4.04. The maximum atomic E-state index is 14.4. The number of aromatic nitrogens is 6. The second-order valence-electron chi connectivity index (χ2n) is 9.27. The maximum absolute atomic E-state index is 14.4. The van der Waals surface area contributed by atoms with Crippen molar-refractivity contribution in [3.05, 3.63) is 48.1 Å². The van der Waals surface area contributed by atoms with Crippen LogP contribution in [0.25, 0.3) is 22.6 Å². The van der Waals surface area contributed by atoms with Gasteiger partial charge in [0.05, 0.1) is 48.8 Å². The highest BCUT2D eigenvalue weighted by molar-refractivity contribution is 5.81. The maximum Gasteiger partial charge on any atom is 0.265 e. The molecule has 0 spiro atoms. The Kier molecular flexibility index (Phi) is 6.53. The average Bonchev–Trinajstić information content (AvgIpc) is 3.50. The Bertz CT molecular complexity index is 1500. The van der Waals surface area contributed by atoms with Crippen molar-refractivity contribution < 1.29 is 23.0 Å². The van der Waals surface area contributed by atoms with Gasteiger partial charge in [-0.3, -0.25) is 4.98 Å². The van der Waals surface area contributed by atoms with Crippen LogP contribution >= 0.6 is 0 Å². The van der Waals surface area contributed by atoms with Crippen LogP contribution in [0.5, 0.6) is 5.75 Å². The Morgan fingerprint density at radius 3 is 2.71 bits per heavy atom. The van der Waals surface area contributed by atoms with E-state index in [2.05, 4.69) is 24.9 Å². The molecule has 1 fully saturated rings. The lowest BCUT2D eigenvalue weighted by molar-refractivity contribution is -0.0438. The third-order valence-corrected chi connectivity index (χ3v) is 6.97. The first-order valence-corrected chi connectivity index (χ1v) is 11.7. The lowest BCUT2D eigenvalue weighted by Gasteiger charge is -2.31. The number of methoxy groups -OCH3 is 1. The third-order valence-electron chi connectivity index (χ3n) is 6.97. The molecule has 5 heterocycles. The molecule has 5 N–H and O–H groups in total. The quantitative estimate of drug-likeness (QED) is 0.303. The fourth-order valence-corrected chi connectivity index (χ4v) is 4.81. The van der Waals surface area contributed by atoms with Gasteiger partial charge < -0.3 is 30.8 Å². The SMILES string of the molecule is COc1ccc(-c2ncc(N3CC[C@](N)([C@H](O)C(F)F)C3)c(Cn3cnc4c(N)ncnc43)c2C)nc1F. The normalized spacial score (nSPS) is 18.5. The molecule has 0 aromatic carbocycles. The van der Waals surface area contributed by atoms with Crippen molar-refractivity contribution >= 4 is 22.7 Å². The summed E-state index contributed by atoms with van der Waals surface area (Å²) in [6.45, 7) is 2.37. The minimum atomic E-state index is -2.97. The van der Waals surface area contributed by atoms with Crippen LogP contribution in [0.3, 0.4) is 0 Å². The zero-order valence-corrected chi connectivity index (χ0v) is 20.6. The number of anilines is 2. The number of rotatable bonds is 7. The van der Waals surface area contributed by atoms with E-state index in [0.29, 0.717) is 40.3 Å². The van der Waals surface area contributed by atoms with E-state index in [9.17, 15) is 18.3 Å². The lowest BCUT2D eigenvalue weighted by Crippen LogP contribution is -2.55. The van der Waals surface area contributed by atoms with Gasteiger partial charge >= 0.3 is 0 Å². The fourth-order valence-electron chi connectivity index (χ4n) is 4.81. The van der Waals surface area contributed by atoms with Crippen molar-refractivity contribution in [2.75, 3.05) is 30.8 Å². The van der Waals surface area contributed by atoms with E-state index < -0.39 is 24.0 Å². The number of aliphatic hydroxyl groups excluding tert-OH is 1. The van der Waals surface area contributed by atoms with Gasteiger partial charge in [0.25, 0.3) is 12.4 Å². The smallest absolute Gasteiger partial charge is 0.265 e. The highest BCUT2D eigenvalue weighted by Crippen LogP contribution is 2.36. The number of fused-ring (bicyclic) bond motifs is 1. The minimum absolute atomic E-state index is 0.000607. The van der Waals surface area contributed by atoms with Gasteiger partial charge in [0.2, 0.25) is 0 Å². The topological polar surface area (TPSA) is 154 Å². The zero-order valence-electron chi connectivity index (χ0n) is 20.6. The molecule has 1 aliphatic heterocycles. The Balaban J connectivity index is 1.61. The molecule has 0 saturated carbocycles. The van der Waals surface area contributed by atoms with Crippen molar-refractivity contribution in [1.82, 2.24) is 29.5 Å². The van der Waals surface area contributed by atoms with Crippen molar-refractivity contribution in [2.24, 2.45) is 5.73 Å². The molecule has 0 bridgehead atoms. The van der Waals surface area contributed by atoms with E-state index >= 15 is 0 Å². The first kappa shape index (κ1) is 25.6. The van der Waals surface area contributed by atoms with Crippen LogP contribution < -0.4 is 21.1 Å². The number of nitrogens with zero attached hydrogens (tertiary/aromatic N) is 7. The van der Waals surface area contributed by atoms with Gasteiger partial charge in [-0.05, 0) is 31.0 Å². The summed E-state index contributed by atoms with van der Waals surface area (Å²) >= 11 is 0. The molecule has 200 valence electrons. The van der Waals surface area contributed by atoms with Gasteiger partial charge in [-0.25, -0.2) is 28.7 Å². The number of imidazole rings is 1. The van der Waals surface area contributed by atoms with Crippen LogP contribution in [0.15, 0.2) is 31.0 Å². The molecule has 4 aromatic heterocycles. The summed E-state index contributed by atoms with van der Waals surface area (Å²) in [7, 11) is 1.35. The number of alkyl halides is 2. The minimum Gasteiger partial charge on any atom is -0.492 e. The van der Waals surface area contributed by atoms with Crippen LogP contribution in [-0.4, -0.2) is 72.9 Å². The molecular formula is C24H26F3N9O2. The first-order valence-electron chi connectivity index (χ1n) is 11.7. The summed E-state index contributed by atoms with van der Waals surface area (Å²) in [5.41, 5.74) is 14.3. The van der Waals surface area contributed by atoms with E-state index in [1.54, 1.807) is 23.2 Å². The fraction of sp³-hybridized carbons (Fsp3) is 0.375. The molecule has 2 atom stereocenters. The number of aliphatic hydroxyl groups is 1. The zero-order chi connectivity index (χ0) is 27.2. The molecule has 38 heavy (non-hydrogen) atoms. The van der Waals surface area contributed by atoms with E-state index in [4.69, 9.17) is 16.2 Å². The molecule has 0 unspecified atom stereocenters. The van der Waals surface area contributed by atoms with Gasteiger partial charge in [0.1, 0.15) is 17.9 Å². The number of nitrogen functional groups attached to an aromatic ring is 1. The summed E-state index contributed by atoms with van der Waals surface area (Å²) in [5.74, 6) is -0.551. The number of ether oxygens (including phenoxy) is 1. The monoisotopic (exact) mass is 529 g/mol. The summed E-state index contributed by atoms with van der Waals surface area (Å²) in [4.78, 5) is 23.0. The summed E-state index contributed by atoms with van der Waals surface area (Å²) in [6, 6.07) is 3.06. The highest BCUT2D eigenvalue weighted by Gasteiger charge is 2.45. The van der Waals surface area contributed by atoms with Gasteiger partial charge in [-0.15, -0.1) is 0 Å². The average molecular weight is 530 g/mol. The number of hydrogen-bond donors (Lipinski definition) is 3. The van der Waals surface area contributed by atoms with E-state index in [0.717, 1.165) is 5.56 Å². The van der Waals surface area contributed by atoms with Gasteiger partial charge in [0.15, 0.2) is 17.2 Å². The lowest BCUT2D eigenvalue weighted by atomic mass is 9.93. The van der Waals surface area contributed by atoms with Crippen molar-refractivity contribution in [3.8, 4) is 17.1 Å². The molecule has 14 heteroatoms. The van der Waals surface area contributed by atoms with E-state index in [1.165, 1.54) is 19.5 Å². The Morgan fingerprint density at radius 2 is 2.00 bits per heavy atom. The molecule has 5 rings (SSSR count). The number of hydrogen-bond acceptors (Lipinski definition) is 10. The van der Waals surface area contributed by atoms with E-state index in [1.807, 2.05) is 11.8 Å². The van der Waals surface area contributed by atoms with Gasteiger partial charge in [-0.1, -0.05) is 0 Å². The summed E-state index contributed by atoms with van der Waals surface area (Å²) in [6.07, 6.45) is -0.317. The van der Waals surface area contributed by atoms with Gasteiger partial charge in [0, 0.05) is 18.7 Å². The number of pyridine rings is 2. The standard InChI is InChI=1S/C24H26F3N9O2/c1-12-13(8-36-11-33-18-22(28)31-10-32-23(18)36)15(35-6-5-24(29,9-35)19(37)20(25)26)7-30-17(12)14-3-4-16(38-2)21(27)34-14/h3-4,7,10-11,19-20,37H,5-6,8-9,29H2,1-2H3,(H2,28,31,32)/t19-,24-/m1/s1. The van der Waals surface area contributed by atoms with Crippen LogP contribution in [0.2, 0.25) is 0 Å². The van der Waals surface area contributed by atoms with Crippen molar-refractivity contribution in [3.63, 3.8) is 0 Å². The second-order valence-corrected chi connectivity index (χ2v) is 9.27. The van der Waals surface area contributed by atoms with Crippen LogP contribution in [0, 0.1) is 12.9 Å². The number of nitrogens with two attached hydrogens (primary N) is 2. The molecule has 0 aliphatic carbocycles. The highest BCUT2D eigenvalue weighted by atomic mass is 19.3. The molecule has 0 amide bonds. The summed E-state index contributed by atoms with van der Waals surface area (Å²) < 4.78 is 47.8. The Labute approximate surface area is 215 Å². The molecule has 1 aliphatic rings. The first-order chi connectivity index (χ1) is 18.1.